The molecule has 1 fully saturated rings. The van der Waals surface area contributed by atoms with Crippen LogP contribution in [0.5, 0.6) is 0 Å². The number of benzene rings is 2. The van der Waals surface area contributed by atoms with Crippen molar-refractivity contribution in [1.82, 2.24) is 10.6 Å². The third-order valence-electron chi connectivity index (χ3n) is 4.62. The zero-order chi connectivity index (χ0) is 21.2. The van der Waals surface area contributed by atoms with Gasteiger partial charge in [-0.15, -0.1) is 0 Å². The Balaban J connectivity index is 1.52. The van der Waals surface area contributed by atoms with Gasteiger partial charge >= 0.3 is 12.1 Å². The molecule has 2 N–H and O–H groups in total. The Labute approximate surface area is 175 Å². The maximum Gasteiger partial charge on any atom is 0.408 e. The standard InChI is InChI=1S/C23H26N2O5/c26-21(24-19-11-12-19)14-13-20(22(27)29-15-17-7-3-1-4-8-17)25-23(28)30-16-18-9-5-2-6-10-18/h1-10,19-20H,11-16H2,(H,24,26)(H,25,28)/t20-/m0/s1. The lowest BCUT2D eigenvalue weighted by atomic mass is 10.1. The van der Waals surface area contributed by atoms with Crippen LogP contribution in [-0.4, -0.2) is 30.1 Å². The van der Waals surface area contributed by atoms with Gasteiger partial charge in [0.1, 0.15) is 19.3 Å². The third kappa shape index (κ3) is 7.58. The molecular formula is C23H26N2O5. The zero-order valence-electron chi connectivity index (χ0n) is 16.7. The van der Waals surface area contributed by atoms with Gasteiger partial charge in [-0.25, -0.2) is 9.59 Å². The molecule has 0 saturated heterocycles. The van der Waals surface area contributed by atoms with E-state index < -0.39 is 18.1 Å². The Hall–Kier alpha value is -3.35. The lowest BCUT2D eigenvalue weighted by molar-refractivity contribution is -0.147. The zero-order valence-corrected chi connectivity index (χ0v) is 16.7. The van der Waals surface area contributed by atoms with E-state index >= 15 is 0 Å². The van der Waals surface area contributed by atoms with Gasteiger partial charge in [0.25, 0.3) is 0 Å². The molecule has 7 nitrogen and oxygen atoms in total. The summed E-state index contributed by atoms with van der Waals surface area (Å²) >= 11 is 0. The maximum absolute atomic E-state index is 12.5. The van der Waals surface area contributed by atoms with Gasteiger partial charge in [0.2, 0.25) is 5.91 Å². The summed E-state index contributed by atoms with van der Waals surface area (Å²) in [4.78, 5) is 36.7. The largest absolute Gasteiger partial charge is 0.459 e. The minimum atomic E-state index is -0.970. The Morgan fingerprint density at radius 3 is 2.00 bits per heavy atom. The second kappa shape index (κ2) is 11.0. The fraction of sp³-hybridized carbons (Fsp3) is 0.348. The lowest BCUT2D eigenvalue weighted by Crippen LogP contribution is -2.43. The molecule has 2 amide bonds. The van der Waals surface area contributed by atoms with Gasteiger partial charge in [0.05, 0.1) is 0 Å². The molecule has 0 aromatic heterocycles. The van der Waals surface area contributed by atoms with E-state index in [0.29, 0.717) is 0 Å². The van der Waals surface area contributed by atoms with Gasteiger partial charge in [-0.3, -0.25) is 4.79 Å². The first-order valence-electron chi connectivity index (χ1n) is 10.1. The molecule has 7 heteroatoms. The van der Waals surface area contributed by atoms with Crippen LogP contribution < -0.4 is 10.6 Å². The van der Waals surface area contributed by atoms with Gasteiger partial charge in [0, 0.05) is 12.5 Å². The molecule has 0 spiro atoms. The molecule has 0 heterocycles. The topological polar surface area (TPSA) is 93.7 Å². The van der Waals surface area contributed by atoms with Crippen LogP contribution in [0.2, 0.25) is 0 Å². The second-order valence-corrected chi connectivity index (χ2v) is 7.23. The van der Waals surface area contributed by atoms with Crippen molar-refractivity contribution in [3.63, 3.8) is 0 Å². The predicted octanol–water partition coefficient (Wildman–Crippen LogP) is 3.08. The van der Waals surface area contributed by atoms with Crippen LogP contribution in [-0.2, 0) is 32.3 Å². The van der Waals surface area contributed by atoms with Crippen molar-refractivity contribution in [2.24, 2.45) is 0 Å². The van der Waals surface area contributed by atoms with E-state index in [9.17, 15) is 14.4 Å². The van der Waals surface area contributed by atoms with Crippen LogP contribution in [0.4, 0.5) is 4.79 Å². The summed E-state index contributed by atoms with van der Waals surface area (Å²) in [6.07, 6.45) is 1.48. The molecule has 0 unspecified atom stereocenters. The normalized spacial score (nSPS) is 13.7. The molecule has 1 saturated carbocycles. The van der Waals surface area contributed by atoms with Gasteiger partial charge in [-0.2, -0.15) is 0 Å². The molecule has 1 aliphatic carbocycles. The Morgan fingerprint density at radius 2 is 1.43 bits per heavy atom. The van der Waals surface area contributed by atoms with E-state index in [1.807, 2.05) is 60.7 Å². The number of carbonyl (C=O) groups excluding carboxylic acids is 3. The molecule has 0 bridgehead atoms. The molecule has 2 aromatic rings. The summed E-state index contributed by atoms with van der Waals surface area (Å²) in [6, 6.07) is 17.8. The van der Waals surface area contributed by atoms with E-state index in [2.05, 4.69) is 10.6 Å². The first-order valence-corrected chi connectivity index (χ1v) is 10.1. The summed E-state index contributed by atoms with van der Waals surface area (Å²) in [7, 11) is 0. The summed E-state index contributed by atoms with van der Waals surface area (Å²) in [5.41, 5.74) is 1.67. The average molecular weight is 410 g/mol. The molecule has 0 aliphatic heterocycles. The predicted molar refractivity (Wildman–Crippen MR) is 110 cm³/mol. The Morgan fingerprint density at radius 1 is 0.867 bits per heavy atom. The summed E-state index contributed by atoms with van der Waals surface area (Å²) in [5, 5.41) is 5.40. The number of alkyl carbamates (subject to hydrolysis) is 1. The third-order valence-corrected chi connectivity index (χ3v) is 4.62. The number of ether oxygens (including phenoxy) is 2. The van der Waals surface area contributed by atoms with E-state index in [1.165, 1.54) is 0 Å². The van der Waals surface area contributed by atoms with Crippen LogP contribution in [0.3, 0.4) is 0 Å². The Bertz CT molecular complexity index is 837. The highest BCUT2D eigenvalue weighted by Gasteiger charge is 2.27. The number of nitrogens with one attached hydrogen (secondary N) is 2. The van der Waals surface area contributed by atoms with Crippen molar-refractivity contribution in [3.8, 4) is 0 Å². The summed E-state index contributed by atoms with van der Waals surface area (Å²) in [5.74, 6) is -0.743. The Kier molecular flexibility index (Phi) is 7.83. The van der Waals surface area contributed by atoms with Gasteiger partial charge in [0.15, 0.2) is 0 Å². The molecule has 3 rings (SSSR count). The van der Waals surface area contributed by atoms with E-state index in [-0.39, 0.29) is 38.0 Å². The van der Waals surface area contributed by atoms with Crippen LogP contribution in [0.15, 0.2) is 60.7 Å². The van der Waals surface area contributed by atoms with Gasteiger partial charge < -0.3 is 20.1 Å². The van der Waals surface area contributed by atoms with Crippen molar-refractivity contribution >= 4 is 18.0 Å². The van der Waals surface area contributed by atoms with Crippen LogP contribution in [0.25, 0.3) is 0 Å². The highest BCUT2D eigenvalue weighted by atomic mass is 16.6. The minimum absolute atomic E-state index is 0.0840. The lowest BCUT2D eigenvalue weighted by Gasteiger charge is -2.17. The van der Waals surface area contributed by atoms with E-state index in [0.717, 1.165) is 24.0 Å². The number of hydrogen-bond donors (Lipinski definition) is 2. The van der Waals surface area contributed by atoms with Crippen LogP contribution in [0.1, 0.15) is 36.8 Å². The smallest absolute Gasteiger partial charge is 0.408 e. The quantitative estimate of drug-likeness (QED) is 0.587. The molecule has 1 aliphatic rings. The molecule has 1 atom stereocenters. The first-order chi connectivity index (χ1) is 14.6. The number of rotatable bonds is 10. The van der Waals surface area contributed by atoms with E-state index in [4.69, 9.17) is 9.47 Å². The number of amides is 2. The second-order valence-electron chi connectivity index (χ2n) is 7.23. The minimum Gasteiger partial charge on any atom is -0.459 e. The molecule has 30 heavy (non-hydrogen) atoms. The SMILES string of the molecule is O=C(CC[C@H](NC(=O)OCc1ccccc1)C(=O)OCc1ccccc1)NC1CC1. The van der Waals surface area contributed by atoms with Crippen molar-refractivity contribution in [2.75, 3.05) is 0 Å². The summed E-state index contributed by atoms with van der Waals surface area (Å²) in [6.45, 7) is 0.172. The molecule has 158 valence electrons. The van der Waals surface area contributed by atoms with E-state index in [1.54, 1.807) is 0 Å². The highest BCUT2D eigenvalue weighted by molar-refractivity contribution is 5.83. The maximum atomic E-state index is 12.5. The van der Waals surface area contributed by atoms with Crippen molar-refractivity contribution in [3.05, 3.63) is 71.8 Å². The number of esters is 1. The fourth-order valence-electron chi connectivity index (χ4n) is 2.79. The fourth-order valence-corrected chi connectivity index (χ4v) is 2.79. The summed E-state index contributed by atoms with van der Waals surface area (Å²) < 4.78 is 10.5. The van der Waals surface area contributed by atoms with Crippen molar-refractivity contribution in [1.29, 1.82) is 0 Å². The van der Waals surface area contributed by atoms with Crippen molar-refractivity contribution < 1.29 is 23.9 Å². The molecular weight excluding hydrogens is 384 g/mol. The van der Waals surface area contributed by atoms with Crippen molar-refractivity contribution in [2.45, 2.75) is 51.0 Å². The first kappa shape index (κ1) is 21.4. The monoisotopic (exact) mass is 410 g/mol. The number of hydrogen-bond acceptors (Lipinski definition) is 5. The van der Waals surface area contributed by atoms with Crippen LogP contribution >= 0.6 is 0 Å². The van der Waals surface area contributed by atoms with Gasteiger partial charge in [-0.05, 0) is 30.4 Å². The average Bonchev–Trinajstić information content (AvgIpc) is 3.59. The number of carbonyl (C=O) groups is 3. The van der Waals surface area contributed by atoms with Crippen LogP contribution in [0, 0.1) is 0 Å². The highest BCUT2D eigenvalue weighted by Crippen LogP contribution is 2.19. The van der Waals surface area contributed by atoms with Gasteiger partial charge in [-0.1, -0.05) is 60.7 Å². The molecule has 2 aromatic carbocycles. The molecule has 0 radical (unpaired) electrons.